The van der Waals surface area contributed by atoms with Gasteiger partial charge < -0.3 is 14.5 Å². The molecule has 10 heteroatoms. The Labute approximate surface area is 211 Å². The molecule has 192 valence electrons. The number of piperidine rings is 1. The molecule has 0 aliphatic carbocycles. The Morgan fingerprint density at radius 2 is 1.69 bits per heavy atom. The van der Waals surface area contributed by atoms with E-state index in [0.717, 1.165) is 28.3 Å². The third kappa shape index (κ3) is 5.54. The lowest BCUT2D eigenvalue weighted by Gasteiger charge is -2.41. The van der Waals surface area contributed by atoms with Crippen molar-refractivity contribution in [3.63, 3.8) is 0 Å². The van der Waals surface area contributed by atoms with Gasteiger partial charge in [-0.1, -0.05) is 24.3 Å². The second-order valence-corrected chi connectivity index (χ2v) is 10.4. The summed E-state index contributed by atoms with van der Waals surface area (Å²) in [6.07, 6.45) is -3.72. The van der Waals surface area contributed by atoms with Crippen LogP contribution < -0.4 is 0 Å². The molecule has 0 saturated carbocycles. The number of urea groups is 1. The summed E-state index contributed by atoms with van der Waals surface area (Å²) in [5.74, 6) is 0.230. The van der Waals surface area contributed by atoms with Gasteiger partial charge in [-0.2, -0.15) is 13.2 Å². The molecule has 3 aliphatic rings. The zero-order chi connectivity index (χ0) is 25.3. The minimum absolute atomic E-state index is 0.0420. The minimum Gasteiger partial charge on any atom is -0.378 e. The summed E-state index contributed by atoms with van der Waals surface area (Å²) in [6.45, 7) is 2.94. The number of likely N-dealkylation sites (tertiary alicyclic amines) is 1. The highest BCUT2D eigenvalue weighted by atomic mass is 32.2. The van der Waals surface area contributed by atoms with Crippen molar-refractivity contribution < 1.29 is 27.1 Å². The van der Waals surface area contributed by atoms with Gasteiger partial charge in [0.1, 0.15) is 5.82 Å². The van der Waals surface area contributed by atoms with Gasteiger partial charge in [0.2, 0.25) is 0 Å². The van der Waals surface area contributed by atoms with Crippen LogP contribution in [0.15, 0.2) is 53.5 Å². The molecular weight excluding hydrogens is 494 g/mol. The Kier molecular flexibility index (Phi) is 7.25. The molecule has 2 amide bonds. The Balaban J connectivity index is 1.39. The molecular formula is C26H27F4N3O2S. The number of alkyl halides is 3. The van der Waals surface area contributed by atoms with Crippen LogP contribution in [0.1, 0.15) is 35.1 Å². The average Bonchev–Trinajstić information content (AvgIpc) is 3.39. The van der Waals surface area contributed by atoms with E-state index < -0.39 is 11.7 Å². The number of morpholine rings is 1. The van der Waals surface area contributed by atoms with Gasteiger partial charge in [0.25, 0.3) is 0 Å². The second kappa shape index (κ2) is 10.4. The molecule has 2 fully saturated rings. The number of thioether (sulfide) groups is 1. The van der Waals surface area contributed by atoms with Crippen LogP contribution in [0.3, 0.4) is 0 Å². The molecule has 0 radical (unpaired) electrons. The van der Waals surface area contributed by atoms with E-state index in [1.165, 1.54) is 24.3 Å². The van der Waals surface area contributed by atoms with Crippen LogP contribution in [0.5, 0.6) is 0 Å². The van der Waals surface area contributed by atoms with Crippen LogP contribution in [0.4, 0.5) is 22.4 Å². The van der Waals surface area contributed by atoms with Crippen molar-refractivity contribution in [1.29, 1.82) is 0 Å². The molecule has 2 aromatic rings. The number of nitrogens with zero attached hydrogens (tertiary/aromatic N) is 3. The highest BCUT2D eigenvalue weighted by Gasteiger charge is 2.38. The third-order valence-electron chi connectivity index (χ3n) is 6.97. The number of benzene rings is 2. The predicted octanol–water partition coefficient (Wildman–Crippen LogP) is 5.59. The molecule has 3 heterocycles. The molecule has 36 heavy (non-hydrogen) atoms. The summed E-state index contributed by atoms with van der Waals surface area (Å²) in [5.41, 5.74) is 0.903. The molecule has 0 N–H and O–H groups in total. The molecule has 5 rings (SSSR count). The molecule has 3 aliphatic heterocycles. The van der Waals surface area contributed by atoms with Crippen LogP contribution in [0.2, 0.25) is 0 Å². The molecule has 0 bridgehead atoms. The average molecular weight is 522 g/mol. The molecule has 2 saturated heterocycles. The van der Waals surface area contributed by atoms with Crippen molar-refractivity contribution in [2.75, 3.05) is 45.1 Å². The van der Waals surface area contributed by atoms with Gasteiger partial charge >= 0.3 is 12.2 Å². The van der Waals surface area contributed by atoms with Gasteiger partial charge in [0.05, 0.1) is 29.9 Å². The lowest BCUT2D eigenvalue weighted by atomic mass is 9.84. The number of ether oxygens (including phenoxy) is 1. The van der Waals surface area contributed by atoms with Crippen molar-refractivity contribution in [3.8, 4) is 0 Å². The fourth-order valence-electron chi connectivity index (χ4n) is 5.07. The third-order valence-corrected chi connectivity index (χ3v) is 8.18. The minimum atomic E-state index is -4.40. The second-order valence-electron chi connectivity index (χ2n) is 9.39. The number of carbonyl (C=O) groups is 1. The van der Waals surface area contributed by atoms with Gasteiger partial charge in [0, 0.05) is 43.8 Å². The Hall–Kier alpha value is -2.59. The van der Waals surface area contributed by atoms with E-state index >= 15 is 0 Å². The number of hydrogen-bond acceptors (Lipinski definition) is 4. The molecule has 3 atom stereocenters. The van der Waals surface area contributed by atoms with Crippen molar-refractivity contribution >= 4 is 22.8 Å². The van der Waals surface area contributed by atoms with E-state index in [1.807, 2.05) is 6.07 Å². The molecule has 2 aromatic carbocycles. The normalized spacial score (nSPS) is 25.1. The van der Waals surface area contributed by atoms with E-state index in [2.05, 4.69) is 0 Å². The van der Waals surface area contributed by atoms with Crippen molar-refractivity contribution in [3.05, 3.63) is 71.0 Å². The first-order valence-corrected chi connectivity index (χ1v) is 13.0. The molecule has 5 nitrogen and oxygen atoms in total. The monoisotopic (exact) mass is 521 g/mol. The van der Waals surface area contributed by atoms with Gasteiger partial charge in [-0.3, -0.25) is 4.99 Å². The maximum absolute atomic E-state index is 13.7. The predicted molar refractivity (Wildman–Crippen MR) is 131 cm³/mol. The number of halogens is 4. The summed E-state index contributed by atoms with van der Waals surface area (Å²) < 4.78 is 58.4. The van der Waals surface area contributed by atoms with Crippen molar-refractivity contribution in [2.24, 2.45) is 10.9 Å². The molecule has 3 unspecified atom stereocenters. The van der Waals surface area contributed by atoms with Crippen LogP contribution >= 0.6 is 11.8 Å². The Bertz CT molecular complexity index is 1120. The quantitative estimate of drug-likeness (QED) is 0.495. The standard InChI is InChI=1S/C26H27F4N3O2S/c27-22-3-1-2-18(13-22)23-16-36-24(31-23)20-12-19(17-4-6-21(7-5-17)26(28,29)30)14-33(15-20)25(34)32-8-10-35-11-9-32/h1-7,13,19-20,23H,8-12,14-16H2. The van der Waals surface area contributed by atoms with Gasteiger partial charge in [-0.25, -0.2) is 9.18 Å². The zero-order valence-corrected chi connectivity index (χ0v) is 20.4. The van der Waals surface area contributed by atoms with Gasteiger partial charge in [-0.05, 0) is 41.8 Å². The fraction of sp³-hybridized carbons (Fsp3) is 0.462. The van der Waals surface area contributed by atoms with Crippen molar-refractivity contribution in [1.82, 2.24) is 9.80 Å². The van der Waals surface area contributed by atoms with E-state index in [9.17, 15) is 22.4 Å². The summed E-state index contributed by atoms with van der Waals surface area (Å²) in [6, 6.07) is 11.5. The van der Waals surface area contributed by atoms with Gasteiger partial charge in [0.15, 0.2) is 0 Å². The maximum atomic E-state index is 13.7. The van der Waals surface area contributed by atoms with Crippen LogP contribution in [0.25, 0.3) is 0 Å². The maximum Gasteiger partial charge on any atom is 0.416 e. The highest BCUT2D eigenvalue weighted by molar-refractivity contribution is 8.14. The summed E-state index contributed by atoms with van der Waals surface area (Å²) >= 11 is 1.62. The molecule has 0 spiro atoms. The summed E-state index contributed by atoms with van der Waals surface area (Å²) in [4.78, 5) is 21.8. The Morgan fingerprint density at radius 3 is 2.39 bits per heavy atom. The number of amides is 2. The van der Waals surface area contributed by atoms with E-state index in [0.29, 0.717) is 51.6 Å². The van der Waals surface area contributed by atoms with E-state index in [1.54, 1.807) is 27.6 Å². The first kappa shape index (κ1) is 25.1. The van der Waals surface area contributed by atoms with Crippen LogP contribution in [-0.2, 0) is 10.9 Å². The summed E-state index contributed by atoms with van der Waals surface area (Å²) in [5, 5.41) is 0.917. The molecule has 0 aromatic heterocycles. The zero-order valence-electron chi connectivity index (χ0n) is 19.6. The first-order chi connectivity index (χ1) is 17.3. The highest BCUT2D eigenvalue weighted by Crippen LogP contribution is 2.40. The Morgan fingerprint density at radius 1 is 0.972 bits per heavy atom. The number of aliphatic imine (C=N–C) groups is 1. The largest absolute Gasteiger partial charge is 0.416 e. The summed E-state index contributed by atoms with van der Waals surface area (Å²) in [7, 11) is 0. The number of carbonyl (C=O) groups excluding carboxylic acids is 1. The van der Waals surface area contributed by atoms with E-state index in [-0.39, 0.29) is 29.7 Å². The van der Waals surface area contributed by atoms with Crippen LogP contribution in [0, 0.1) is 11.7 Å². The van der Waals surface area contributed by atoms with Gasteiger partial charge in [-0.15, -0.1) is 11.8 Å². The SMILES string of the molecule is O=C(N1CCOCC1)N1CC(C2=NC(c3cccc(F)c3)CS2)CC(c2ccc(C(F)(F)F)cc2)C1. The number of rotatable bonds is 3. The van der Waals surface area contributed by atoms with Crippen molar-refractivity contribution in [2.45, 2.75) is 24.6 Å². The topological polar surface area (TPSA) is 45.1 Å². The lowest BCUT2D eigenvalue weighted by molar-refractivity contribution is -0.137. The lowest BCUT2D eigenvalue weighted by Crippen LogP contribution is -2.53. The first-order valence-electron chi connectivity index (χ1n) is 12.0. The fourth-order valence-corrected chi connectivity index (χ4v) is 6.28. The van der Waals surface area contributed by atoms with E-state index in [4.69, 9.17) is 9.73 Å². The smallest absolute Gasteiger partial charge is 0.378 e. The van der Waals surface area contributed by atoms with Crippen LogP contribution in [-0.4, -0.2) is 66.0 Å². The number of hydrogen-bond donors (Lipinski definition) is 0.